The molecule has 0 aliphatic carbocycles. The molecule has 0 spiro atoms. The fourth-order valence-corrected chi connectivity index (χ4v) is 2.47. The highest BCUT2D eigenvalue weighted by Crippen LogP contribution is 2.09. The minimum Gasteiger partial charge on any atom is -0.330 e. The van der Waals surface area contributed by atoms with E-state index in [1.54, 1.807) is 0 Å². The molecule has 1 rings (SSSR count). The van der Waals surface area contributed by atoms with Gasteiger partial charge >= 0.3 is 0 Å². The van der Waals surface area contributed by atoms with Crippen LogP contribution in [-0.2, 0) is 0 Å². The molecule has 0 aromatic carbocycles. The van der Waals surface area contributed by atoms with E-state index >= 15 is 0 Å². The lowest BCUT2D eigenvalue weighted by molar-refractivity contribution is 0.219. The molecule has 1 heterocycles. The molecule has 0 aromatic rings. The molecule has 102 valence electrons. The summed E-state index contributed by atoms with van der Waals surface area (Å²) in [7, 11) is 0. The van der Waals surface area contributed by atoms with E-state index < -0.39 is 0 Å². The van der Waals surface area contributed by atoms with E-state index in [4.69, 9.17) is 5.73 Å². The highest BCUT2D eigenvalue weighted by molar-refractivity contribution is 4.72. The van der Waals surface area contributed by atoms with Gasteiger partial charge in [0.1, 0.15) is 0 Å². The topological polar surface area (TPSA) is 32.5 Å². The minimum atomic E-state index is 0.635. The Labute approximate surface area is 107 Å². The van der Waals surface area contributed by atoms with Crippen LogP contribution >= 0.6 is 0 Å². The monoisotopic (exact) mass is 241 g/mol. The molecule has 0 bridgehead atoms. The first kappa shape index (κ1) is 14.9. The maximum atomic E-state index is 5.70. The predicted molar refractivity (Wildman–Crippen MR) is 75.2 cm³/mol. The zero-order chi connectivity index (χ0) is 12.7. The van der Waals surface area contributed by atoms with E-state index in [9.17, 15) is 0 Å². The van der Waals surface area contributed by atoms with Crippen LogP contribution in [-0.4, -0.2) is 55.6 Å². The molecule has 1 aliphatic rings. The average molecular weight is 241 g/mol. The summed E-state index contributed by atoms with van der Waals surface area (Å²) < 4.78 is 0. The quantitative estimate of drug-likeness (QED) is 0.767. The molecule has 2 unspecified atom stereocenters. The Hall–Kier alpha value is -0.120. The first-order chi connectivity index (χ1) is 8.15. The fourth-order valence-electron chi connectivity index (χ4n) is 2.47. The molecule has 0 saturated carbocycles. The molecule has 17 heavy (non-hydrogen) atoms. The van der Waals surface area contributed by atoms with E-state index in [0.29, 0.717) is 5.92 Å². The average Bonchev–Trinajstić information content (AvgIpc) is 2.54. The van der Waals surface area contributed by atoms with Gasteiger partial charge in [-0.05, 0) is 37.9 Å². The second kappa shape index (κ2) is 8.06. The van der Waals surface area contributed by atoms with Gasteiger partial charge in [0, 0.05) is 26.2 Å². The van der Waals surface area contributed by atoms with Gasteiger partial charge in [-0.25, -0.2) is 0 Å². The Morgan fingerprint density at radius 2 is 1.47 bits per heavy atom. The summed E-state index contributed by atoms with van der Waals surface area (Å²) >= 11 is 0. The Bertz CT molecular complexity index is 176. The van der Waals surface area contributed by atoms with Crippen molar-refractivity contribution in [2.75, 3.05) is 45.8 Å². The van der Waals surface area contributed by atoms with Gasteiger partial charge in [-0.1, -0.05) is 27.2 Å². The number of hydrogen-bond acceptors (Lipinski definition) is 3. The molecule has 2 atom stereocenters. The Balaban J connectivity index is 2.29. The summed E-state index contributed by atoms with van der Waals surface area (Å²) in [5.74, 6) is 1.47. The van der Waals surface area contributed by atoms with Gasteiger partial charge in [0.05, 0.1) is 0 Å². The molecular weight excluding hydrogens is 210 g/mol. The smallest absolute Gasteiger partial charge is 0.0109 e. The van der Waals surface area contributed by atoms with Crippen LogP contribution in [0.25, 0.3) is 0 Å². The van der Waals surface area contributed by atoms with Gasteiger partial charge in [0.2, 0.25) is 0 Å². The van der Waals surface area contributed by atoms with Crippen molar-refractivity contribution in [2.24, 2.45) is 17.6 Å². The van der Waals surface area contributed by atoms with E-state index in [2.05, 4.69) is 30.6 Å². The van der Waals surface area contributed by atoms with Crippen molar-refractivity contribution in [1.29, 1.82) is 0 Å². The Kier molecular flexibility index (Phi) is 7.09. The van der Waals surface area contributed by atoms with Crippen LogP contribution in [0.2, 0.25) is 0 Å². The van der Waals surface area contributed by atoms with Gasteiger partial charge in [0.25, 0.3) is 0 Å². The largest absolute Gasteiger partial charge is 0.330 e. The van der Waals surface area contributed by atoms with Gasteiger partial charge < -0.3 is 15.5 Å². The normalized spacial score (nSPS) is 23.3. The van der Waals surface area contributed by atoms with Gasteiger partial charge in [-0.15, -0.1) is 0 Å². The molecule has 2 N–H and O–H groups in total. The number of hydrogen-bond donors (Lipinski definition) is 1. The first-order valence-electron chi connectivity index (χ1n) is 7.30. The molecule has 1 aliphatic heterocycles. The molecule has 1 fully saturated rings. The van der Waals surface area contributed by atoms with E-state index in [0.717, 1.165) is 12.5 Å². The highest BCUT2D eigenvalue weighted by Gasteiger charge is 2.17. The second-order valence-corrected chi connectivity index (χ2v) is 5.81. The van der Waals surface area contributed by atoms with Crippen molar-refractivity contribution in [3.8, 4) is 0 Å². The lowest BCUT2D eigenvalue weighted by atomic mass is 10.1. The molecular formula is C14H31N3. The summed E-state index contributed by atoms with van der Waals surface area (Å²) in [5, 5.41) is 0. The molecule has 0 aromatic heterocycles. The molecule has 3 nitrogen and oxygen atoms in total. The first-order valence-corrected chi connectivity index (χ1v) is 7.30. The van der Waals surface area contributed by atoms with Crippen LogP contribution in [0, 0.1) is 11.8 Å². The SMILES string of the molecule is CCC(C)CN1CCCN(CC(C)CN)CC1. The Morgan fingerprint density at radius 3 is 1.94 bits per heavy atom. The van der Waals surface area contributed by atoms with Crippen molar-refractivity contribution in [3.05, 3.63) is 0 Å². The van der Waals surface area contributed by atoms with Crippen LogP contribution in [0.3, 0.4) is 0 Å². The standard InChI is InChI=1S/C14H31N3/c1-4-13(2)11-16-6-5-7-17(9-8-16)12-14(3)10-15/h13-14H,4-12,15H2,1-3H3. The van der Waals surface area contributed by atoms with E-state index in [-0.39, 0.29) is 0 Å². The maximum Gasteiger partial charge on any atom is 0.0109 e. The Morgan fingerprint density at radius 1 is 0.941 bits per heavy atom. The third-order valence-electron chi connectivity index (χ3n) is 3.92. The summed E-state index contributed by atoms with van der Waals surface area (Å²) in [6.07, 6.45) is 2.61. The lowest BCUT2D eigenvalue weighted by Gasteiger charge is -2.25. The van der Waals surface area contributed by atoms with Crippen LogP contribution in [0.5, 0.6) is 0 Å². The van der Waals surface area contributed by atoms with Gasteiger partial charge in [0.15, 0.2) is 0 Å². The second-order valence-electron chi connectivity index (χ2n) is 5.81. The fraction of sp³-hybridized carbons (Fsp3) is 1.00. The number of nitrogens with two attached hydrogens (primary N) is 1. The van der Waals surface area contributed by atoms with Crippen molar-refractivity contribution in [2.45, 2.75) is 33.6 Å². The van der Waals surface area contributed by atoms with Gasteiger partial charge in [-0.2, -0.15) is 0 Å². The molecule has 3 heteroatoms. The van der Waals surface area contributed by atoms with Crippen LogP contribution in [0.15, 0.2) is 0 Å². The van der Waals surface area contributed by atoms with E-state index in [1.165, 1.54) is 52.1 Å². The maximum absolute atomic E-state index is 5.70. The third-order valence-corrected chi connectivity index (χ3v) is 3.92. The zero-order valence-corrected chi connectivity index (χ0v) is 12.0. The number of rotatable bonds is 6. The summed E-state index contributed by atoms with van der Waals surface area (Å²) in [6, 6.07) is 0. The lowest BCUT2D eigenvalue weighted by Crippen LogP contribution is -2.36. The summed E-state index contributed by atoms with van der Waals surface area (Å²) in [5.41, 5.74) is 5.70. The zero-order valence-electron chi connectivity index (χ0n) is 12.0. The van der Waals surface area contributed by atoms with Crippen molar-refractivity contribution < 1.29 is 0 Å². The van der Waals surface area contributed by atoms with Crippen LogP contribution in [0.4, 0.5) is 0 Å². The van der Waals surface area contributed by atoms with E-state index in [1.807, 2.05) is 0 Å². The van der Waals surface area contributed by atoms with Crippen LogP contribution < -0.4 is 5.73 Å². The third kappa shape index (κ3) is 5.84. The van der Waals surface area contributed by atoms with Crippen molar-refractivity contribution >= 4 is 0 Å². The minimum absolute atomic E-state index is 0.635. The molecule has 0 radical (unpaired) electrons. The van der Waals surface area contributed by atoms with Gasteiger partial charge in [-0.3, -0.25) is 0 Å². The summed E-state index contributed by atoms with van der Waals surface area (Å²) in [4.78, 5) is 5.23. The predicted octanol–water partition coefficient (Wildman–Crippen LogP) is 1.64. The highest BCUT2D eigenvalue weighted by atomic mass is 15.2. The summed E-state index contributed by atoms with van der Waals surface area (Å²) in [6.45, 7) is 15.2. The number of nitrogens with zero attached hydrogens (tertiary/aromatic N) is 2. The molecule has 0 amide bonds. The van der Waals surface area contributed by atoms with Crippen LogP contribution in [0.1, 0.15) is 33.6 Å². The molecule has 1 saturated heterocycles. The van der Waals surface area contributed by atoms with Crippen molar-refractivity contribution in [3.63, 3.8) is 0 Å². The van der Waals surface area contributed by atoms with Crippen molar-refractivity contribution in [1.82, 2.24) is 9.80 Å².